The summed E-state index contributed by atoms with van der Waals surface area (Å²) in [5.41, 5.74) is 0.938. The van der Waals surface area contributed by atoms with Gasteiger partial charge < -0.3 is 38.4 Å². The average molecular weight is 456 g/mol. The van der Waals surface area contributed by atoms with Crippen LogP contribution in [0.2, 0.25) is 0 Å². The van der Waals surface area contributed by atoms with E-state index in [1.165, 1.54) is 0 Å². The fourth-order valence-corrected chi connectivity index (χ4v) is 2.44. The molecule has 182 valence electrons. The molecule has 9 heteroatoms. The largest absolute Gasteiger partial charge is 0.445 e. The molecule has 1 aromatic carbocycles. The Morgan fingerprint density at radius 2 is 1.31 bits per heavy atom. The topological polar surface area (TPSA) is 95.9 Å². The van der Waals surface area contributed by atoms with E-state index in [2.05, 4.69) is 6.58 Å². The molecule has 0 aromatic heterocycles. The van der Waals surface area contributed by atoms with E-state index < -0.39 is 6.09 Å². The van der Waals surface area contributed by atoms with E-state index in [4.69, 9.17) is 33.5 Å². The van der Waals surface area contributed by atoms with Gasteiger partial charge in [-0.1, -0.05) is 36.4 Å². The number of carbonyl (C=O) groups excluding carboxylic acids is 1. The molecule has 0 heterocycles. The maximum absolute atomic E-state index is 12.2. The predicted octanol–water partition coefficient (Wildman–Crippen LogP) is 1.89. The lowest BCUT2D eigenvalue weighted by Gasteiger charge is -2.20. The van der Waals surface area contributed by atoms with Gasteiger partial charge in [0.25, 0.3) is 0 Å². The van der Waals surface area contributed by atoms with Crippen LogP contribution in [0.1, 0.15) is 5.56 Å². The first-order chi connectivity index (χ1) is 15.8. The number of benzene rings is 1. The minimum atomic E-state index is -0.396. The Morgan fingerprint density at radius 1 is 0.812 bits per heavy atom. The molecule has 0 unspecified atom stereocenters. The first-order valence-corrected chi connectivity index (χ1v) is 10.8. The minimum absolute atomic E-state index is 0.0196. The van der Waals surface area contributed by atoms with Crippen LogP contribution in [0.4, 0.5) is 4.79 Å². The van der Waals surface area contributed by atoms with Gasteiger partial charge in [-0.25, -0.2) is 4.79 Å². The van der Waals surface area contributed by atoms with Crippen molar-refractivity contribution in [2.24, 2.45) is 0 Å². The SMILES string of the molecule is C=CCN(CCOCCOCCOCCOCCOCCO)C(=O)OCc1ccccc1. The van der Waals surface area contributed by atoms with Crippen LogP contribution >= 0.6 is 0 Å². The fourth-order valence-electron chi connectivity index (χ4n) is 2.44. The van der Waals surface area contributed by atoms with Crippen molar-refractivity contribution in [2.75, 3.05) is 85.8 Å². The monoisotopic (exact) mass is 455 g/mol. The highest BCUT2D eigenvalue weighted by Gasteiger charge is 2.13. The molecule has 1 N–H and O–H groups in total. The summed E-state index contributed by atoms with van der Waals surface area (Å²) in [7, 11) is 0. The highest BCUT2D eigenvalue weighted by Crippen LogP contribution is 2.03. The standard InChI is InChI=1S/C23H37NO8/c1-2-8-24(23(26)32-21-22-6-4-3-5-7-22)9-11-27-13-15-29-17-19-31-20-18-30-16-14-28-12-10-25/h2-7,25H,1,8-21H2. The zero-order valence-electron chi connectivity index (χ0n) is 18.8. The molecule has 0 atom stereocenters. The average Bonchev–Trinajstić information content (AvgIpc) is 2.82. The smallest absolute Gasteiger partial charge is 0.410 e. The number of carbonyl (C=O) groups is 1. The number of aliphatic hydroxyl groups excluding tert-OH is 1. The quantitative estimate of drug-likeness (QED) is 0.222. The number of hydrogen-bond acceptors (Lipinski definition) is 8. The molecule has 1 aromatic rings. The summed E-state index contributed by atoms with van der Waals surface area (Å²) in [6.07, 6.45) is 1.26. The van der Waals surface area contributed by atoms with Gasteiger partial charge in [0.1, 0.15) is 6.61 Å². The lowest BCUT2D eigenvalue weighted by atomic mass is 10.2. The number of amides is 1. The van der Waals surface area contributed by atoms with Crippen molar-refractivity contribution in [2.45, 2.75) is 6.61 Å². The van der Waals surface area contributed by atoms with E-state index in [1.807, 2.05) is 30.3 Å². The third-order valence-corrected chi connectivity index (χ3v) is 4.04. The normalized spacial score (nSPS) is 10.8. The van der Waals surface area contributed by atoms with Gasteiger partial charge in [0.2, 0.25) is 0 Å². The summed E-state index contributed by atoms with van der Waals surface area (Å²) in [6.45, 7) is 9.18. The summed E-state index contributed by atoms with van der Waals surface area (Å²) in [5, 5.41) is 8.56. The third kappa shape index (κ3) is 15.7. The van der Waals surface area contributed by atoms with Gasteiger partial charge in [-0.3, -0.25) is 0 Å². The Balaban J connectivity index is 1.94. The van der Waals surface area contributed by atoms with E-state index in [0.717, 1.165) is 5.56 Å². The van der Waals surface area contributed by atoms with Gasteiger partial charge in [-0.2, -0.15) is 0 Å². The second kappa shape index (κ2) is 20.9. The molecule has 0 fully saturated rings. The lowest BCUT2D eigenvalue weighted by Crippen LogP contribution is -2.34. The number of aliphatic hydroxyl groups is 1. The van der Waals surface area contributed by atoms with Gasteiger partial charge in [0, 0.05) is 13.1 Å². The van der Waals surface area contributed by atoms with Crippen LogP contribution in [-0.4, -0.2) is 102 Å². The van der Waals surface area contributed by atoms with Crippen molar-refractivity contribution in [3.8, 4) is 0 Å². The lowest BCUT2D eigenvalue weighted by molar-refractivity contribution is -0.0142. The van der Waals surface area contributed by atoms with Gasteiger partial charge >= 0.3 is 6.09 Å². The fraction of sp³-hybridized carbons (Fsp3) is 0.609. The molecule has 0 aliphatic heterocycles. The second-order valence-electron chi connectivity index (χ2n) is 6.56. The molecule has 1 rings (SSSR count). The van der Waals surface area contributed by atoms with Crippen molar-refractivity contribution >= 4 is 6.09 Å². The van der Waals surface area contributed by atoms with Crippen molar-refractivity contribution in [3.05, 3.63) is 48.6 Å². The van der Waals surface area contributed by atoms with Crippen LogP contribution in [0.5, 0.6) is 0 Å². The zero-order valence-corrected chi connectivity index (χ0v) is 18.8. The first-order valence-electron chi connectivity index (χ1n) is 10.8. The number of ether oxygens (including phenoxy) is 6. The van der Waals surface area contributed by atoms with Gasteiger partial charge in [-0.05, 0) is 5.56 Å². The van der Waals surface area contributed by atoms with Crippen LogP contribution in [-0.2, 0) is 35.0 Å². The third-order valence-electron chi connectivity index (χ3n) is 4.04. The van der Waals surface area contributed by atoms with Crippen molar-refractivity contribution in [3.63, 3.8) is 0 Å². The molecular weight excluding hydrogens is 418 g/mol. The summed E-state index contributed by atoms with van der Waals surface area (Å²) in [6, 6.07) is 9.54. The molecule has 0 radical (unpaired) electrons. The van der Waals surface area contributed by atoms with E-state index in [9.17, 15) is 4.79 Å². The van der Waals surface area contributed by atoms with Crippen molar-refractivity contribution in [1.82, 2.24) is 4.90 Å². The molecule has 0 aliphatic carbocycles. The Bertz CT molecular complexity index is 572. The molecule has 0 bridgehead atoms. The van der Waals surface area contributed by atoms with Crippen molar-refractivity contribution < 1.29 is 38.3 Å². The predicted molar refractivity (Wildman–Crippen MR) is 120 cm³/mol. The summed E-state index contributed by atoms with van der Waals surface area (Å²) >= 11 is 0. The number of hydrogen-bond donors (Lipinski definition) is 1. The Morgan fingerprint density at radius 3 is 1.81 bits per heavy atom. The zero-order chi connectivity index (χ0) is 23.1. The summed E-state index contributed by atoms with van der Waals surface area (Å²) < 4.78 is 32.1. The minimum Gasteiger partial charge on any atom is -0.445 e. The van der Waals surface area contributed by atoms with Crippen LogP contribution in [0.15, 0.2) is 43.0 Å². The maximum atomic E-state index is 12.2. The Labute approximate surface area is 190 Å². The molecule has 9 nitrogen and oxygen atoms in total. The van der Waals surface area contributed by atoms with Crippen LogP contribution in [0, 0.1) is 0 Å². The van der Waals surface area contributed by atoms with Gasteiger partial charge in [0.15, 0.2) is 0 Å². The van der Waals surface area contributed by atoms with E-state index in [0.29, 0.717) is 79.2 Å². The Kier molecular flexibility index (Phi) is 18.3. The molecule has 1 amide bonds. The highest BCUT2D eigenvalue weighted by atomic mass is 16.6. The van der Waals surface area contributed by atoms with E-state index >= 15 is 0 Å². The maximum Gasteiger partial charge on any atom is 0.410 e. The van der Waals surface area contributed by atoms with E-state index in [1.54, 1.807) is 11.0 Å². The van der Waals surface area contributed by atoms with E-state index in [-0.39, 0.29) is 13.2 Å². The van der Waals surface area contributed by atoms with Gasteiger partial charge in [0.05, 0.1) is 72.7 Å². The molecule has 0 saturated carbocycles. The number of nitrogens with zero attached hydrogens (tertiary/aromatic N) is 1. The summed E-state index contributed by atoms with van der Waals surface area (Å²) in [4.78, 5) is 13.8. The molecule has 0 spiro atoms. The highest BCUT2D eigenvalue weighted by molar-refractivity contribution is 5.67. The second-order valence-corrected chi connectivity index (χ2v) is 6.56. The molecule has 0 aliphatic rings. The Hall–Kier alpha value is -2.01. The van der Waals surface area contributed by atoms with Crippen LogP contribution in [0.25, 0.3) is 0 Å². The van der Waals surface area contributed by atoms with Crippen molar-refractivity contribution in [1.29, 1.82) is 0 Å². The number of rotatable bonds is 21. The van der Waals surface area contributed by atoms with Gasteiger partial charge in [-0.15, -0.1) is 6.58 Å². The van der Waals surface area contributed by atoms with Crippen LogP contribution < -0.4 is 0 Å². The summed E-state index contributed by atoms with van der Waals surface area (Å²) in [5.74, 6) is 0. The molecule has 32 heavy (non-hydrogen) atoms. The van der Waals surface area contributed by atoms with Crippen LogP contribution in [0.3, 0.4) is 0 Å². The molecule has 0 saturated heterocycles. The molecular formula is C23H37NO8. The first kappa shape index (κ1) is 28.0.